The fourth-order valence-corrected chi connectivity index (χ4v) is 2.39. The number of amides is 1. The smallest absolute Gasteiger partial charge is 0.365 e. The first kappa shape index (κ1) is 21.2. The number of rotatable bonds is 5. The highest BCUT2D eigenvalue weighted by molar-refractivity contribution is 6.07. The van der Waals surface area contributed by atoms with Gasteiger partial charge in [0.05, 0.1) is 11.1 Å². The van der Waals surface area contributed by atoms with E-state index in [2.05, 4.69) is 20.6 Å². The van der Waals surface area contributed by atoms with Crippen LogP contribution in [0.15, 0.2) is 67.1 Å². The molecule has 0 saturated heterocycles. The van der Waals surface area contributed by atoms with Gasteiger partial charge in [0.1, 0.15) is 5.82 Å². The highest BCUT2D eigenvalue weighted by Gasteiger charge is 2.30. The second-order valence-corrected chi connectivity index (χ2v) is 5.64. The Hall–Kier alpha value is -3.13. The molecule has 0 saturated carbocycles. The van der Waals surface area contributed by atoms with Crippen LogP contribution in [0.25, 0.3) is 0 Å². The average Bonchev–Trinajstić information content (AvgIpc) is 2.67. The van der Waals surface area contributed by atoms with Crippen LogP contribution < -0.4 is 10.6 Å². The molecule has 0 aliphatic rings. The summed E-state index contributed by atoms with van der Waals surface area (Å²) in [5.74, 6) is -0.224. The Kier molecular flexibility index (Phi) is 6.94. The van der Waals surface area contributed by atoms with E-state index >= 15 is 0 Å². The molecule has 1 amide bonds. The van der Waals surface area contributed by atoms with E-state index in [0.717, 1.165) is 17.7 Å². The molecule has 3 rings (SSSR count). The van der Waals surface area contributed by atoms with Gasteiger partial charge in [-0.25, -0.2) is 4.98 Å². The molecule has 146 valence electrons. The molecule has 0 fully saturated rings. The van der Waals surface area contributed by atoms with Gasteiger partial charge in [0, 0.05) is 30.8 Å². The Morgan fingerprint density at radius 2 is 1.75 bits per heavy atom. The summed E-state index contributed by atoms with van der Waals surface area (Å²) < 4.78 is 38.5. The van der Waals surface area contributed by atoms with Crippen molar-refractivity contribution in [1.29, 1.82) is 0 Å². The number of hydrogen-bond donors (Lipinski definition) is 2. The third kappa shape index (κ3) is 5.43. The molecule has 3 aromatic rings. The monoisotopic (exact) mass is 408 g/mol. The molecule has 0 bridgehead atoms. The van der Waals surface area contributed by atoms with Crippen molar-refractivity contribution in [2.24, 2.45) is 0 Å². The lowest BCUT2D eigenvalue weighted by molar-refractivity contribution is -0.137. The zero-order valence-corrected chi connectivity index (χ0v) is 15.2. The van der Waals surface area contributed by atoms with Gasteiger partial charge in [0.15, 0.2) is 0 Å². The van der Waals surface area contributed by atoms with Crippen LogP contribution in [0.2, 0.25) is 0 Å². The Morgan fingerprint density at radius 1 is 1.00 bits per heavy atom. The second-order valence-electron chi connectivity index (χ2n) is 5.64. The zero-order chi connectivity index (χ0) is 19.3. The van der Waals surface area contributed by atoms with Crippen molar-refractivity contribution in [2.45, 2.75) is 12.7 Å². The maximum absolute atomic E-state index is 12.8. The highest BCUT2D eigenvalue weighted by atomic mass is 35.5. The van der Waals surface area contributed by atoms with Gasteiger partial charge >= 0.3 is 6.18 Å². The summed E-state index contributed by atoms with van der Waals surface area (Å²) in [7, 11) is 0. The first-order valence-corrected chi connectivity index (χ1v) is 8.00. The van der Waals surface area contributed by atoms with Crippen LogP contribution >= 0.6 is 12.4 Å². The second kappa shape index (κ2) is 9.18. The molecule has 0 radical (unpaired) electrons. The van der Waals surface area contributed by atoms with E-state index in [1.165, 1.54) is 18.3 Å². The molecule has 0 spiro atoms. The van der Waals surface area contributed by atoms with Crippen molar-refractivity contribution in [3.63, 3.8) is 0 Å². The van der Waals surface area contributed by atoms with Crippen LogP contribution in [0.4, 0.5) is 24.7 Å². The Morgan fingerprint density at radius 3 is 2.46 bits per heavy atom. The summed E-state index contributed by atoms with van der Waals surface area (Å²) in [5.41, 5.74) is 0.394. The minimum atomic E-state index is -4.48. The number of anilines is 2. The number of carbonyl (C=O) groups excluding carboxylic acids is 1. The normalized spacial score (nSPS) is 10.7. The molecule has 0 aliphatic carbocycles. The summed E-state index contributed by atoms with van der Waals surface area (Å²) in [4.78, 5) is 20.6. The number of aromatic nitrogens is 2. The fraction of sp³-hybridized carbons (Fsp3) is 0.105. The van der Waals surface area contributed by atoms with Gasteiger partial charge < -0.3 is 10.6 Å². The van der Waals surface area contributed by atoms with Crippen LogP contribution in [0.5, 0.6) is 0 Å². The van der Waals surface area contributed by atoms with Gasteiger partial charge in [-0.3, -0.25) is 9.78 Å². The minimum absolute atomic E-state index is 0. The van der Waals surface area contributed by atoms with Gasteiger partial charge in [-0.2, -0.15) is 13.2 Å². The molecule has 5 nitrogen and oxygen atoms in total. The molecule has 1 aromatic carbocycles. The highest BCUT2D eigenvalue weighted by Crippen LogP contribution is 2.30. The van der Waals surface area contributed by atoms with E-state index in [9.17, 15) is 18.0 Å². The van der Waals surface area contributed by atoms with E-state index in [4.69, 9.17) is 0 Å². The van der Waals surface area contributed by atoms with Crippen LogP contribution in [0.1, 0.15) is 21.5 Å². The SMILES string of the molecule is Cl.O=C(Nc1cccc(C(F)(F)F)c1)c1cccnc1NCc1ccncc1. The van der Waals surface area contributed by atoms with Gasteiger partial charge in [-0.05, 0) is 48.0 Å². The van der Waals surface area contributed by atoms with E-state index in [1.54, 1.807) is 24.5 Å². The van der Waals surface area contributed by atoms with Crippen LogP contribution in [0.3, 0.4) is 0 Å². The van der Waals surface area contributed by atoms with E-state index in [1.807, 2.05) is 12.1 Å². The first-order chi connectivity index (χ1) is 12.9. The minimum Gasteiger partial charge on any atom is -0.365 e. The fourth-order valence-electron chi connectivity index (χ4n) is 2.39. The number of hydrogen-bond acceptors (Lipinski definition) is 4. The Balaban J connectivity index is 0.00000280. The summed E-state index contributed by atoms with van der Waals surface area (Å²) in [6.45, 7) is 0.420. The molecular formula is C19H16ClF3N4O. The van der Waals surface area contributed by atoms with Gasteiger partial charge in [-0.15, -0.1) is 12.4 Å². The van der Waals surface area contributed by atoms with Gasteiger partial charge in [0.2, 0.25) is 0 Å². The number of alkyl halides is 3. The number of benzene rings is 1. The van der Waals surface area contributed by atoms with Crippen molar-refractivity contribution < 1.29 is 18.0 Å². The van der Waals surface area contributed by atoms with Crippen LogP contribution in [-0.2, 0) is 12.7 Å². The standard InChI is InChI=1S/C19H15F3N4O.ClH/c20-19(21,22)14-3-1-4-15(11-14)26-18(27)16-5-2-8-24-17(16)25-12-13-6-9-23-10-7-13;/h1-11H,12H2,(H,24,25)(H,26,27);1H. The van der Waals surface area contributed by atoms with Crippen molar-refractivity contribution in [1.82, 2.24) is 9.97 Å². The molecule has 2 aromatic heterocycles. The summed E-state index contributed by atoms with van der Waals surface area (Å²) in [5, 5.41) is 5.53. The third-order valence-electron chi connectivity index (χ3n) is 3.71. The van der Waals surface area contributed by atoms with E-state index < -0.39 is 17.6 Å². The lowest BCUT2D eigenvalue weighted by Crippen LogP contribution is -2.16. The zero-order valence-electron chi connectivity index (χ0n) is 14.4. The summed E-state index contributed by atoms with van der Waals surface area (Å²) >= 11 is 0. The molecule has 2 heterocycles. The van der Waals surface area contributed by atoms with Crippen LogP contribution in [0, 0.1) is 0 Å². The Labute approximate surface area is 165 Å². The molecule has 28 heavy (non-hydrogen) atoms. The van der Waals surface area contributed by atoms with E-state index in [0.29, 0.717) is 12.4 Å². The molecule has 0 aliphatic heterocycles. The van der Waals surface area contributed by atoms with E-state index in [-0.39, 0.29) is 23.7 Å². The largest absolute Gasteiger partial charge is 0.416 e. The number of pyridine rings is 2. The quantitative estimate of drug-likeness (QED) is 0.637. The number of halogens is 4. The molecule has 0 unspecified atom stereocenters. The molecule has 2 N–H and O–H groups in total. The number of nitrogens with one attached hydrogen (secondary N) is 2. The lowest BCUT2D eigenvalue weighted by atomic mass is 10.1. The number of carbonyl (C=O) groups is 1. The third-order valence-corrected chi connectivity index (χ3v) is 3.71. The maximum Gasteiger partial charge on any atom is 0.416 e. The van der Waals surface area contributed by atoms with Crippen molar-refractivity contribution in [3.8, 4) is 0 Å². The summed E-state index contributed by atoms with van der Waals surface area (Å²) in [6, 6.07) is 11.2. The molecule has 0 atom stereocenters. The molecule has 9 heteroatoms. The summed E-state index contributed by atoms with van der Waals surface area (Å²) in [6.07, 6.45) is 0.343. The van der Waals surface area contributed by atoms with Crippen molar-refractivity contribution in [2.75, 3.05) is 10.6 Å². The molecular weight excluding hydrogens is 393 g/mol. The maximum atomic E-state index is 12.8. The number of nitrogens with zero attached hydrogens (tertiary/aromatic N) is 2. The predicted molar refractivity (Wildman–Crippen MR) is 102 cm³/mol. The van der Waals surface area contributed by atoms with Crippen molar-refractivity contribution >= 4 is 29.8 Å². The van der Waals surface area contributed by atoms with Gasteiger partial charge in [0.25, 0.3) is 5.91 Å². The lowest BCUT2D eigenvalue weighted by Gasteiger charge is -2.12. The average molecular weight is 409 g/mol. The predicted octanol–water partition coefficient (Wildman–Crippen LogP) is 4.78. The topological polar surface area (TPSA) is 66.9 Å². The first-order valence-electron chi connectivity index (χ1n) is 8.00. The Bertz CT molecular complexity index is 936. The van der Waals surface area contributed by atoms with Gasteiger partial charge in [-0.1, -0.05) is 6.07 Å². The van der Waals surface area contributed by atoms with Crippen molar-refractivity contribution in [3.05, 3.63) is 83.8 Å². The van der Waals surface area contributed by atoms with Crippen LogP contribution in [-0.4, -0.2) is 15.9 Å².